The van der Waals surface area contributed by atoms with Crippen molar-refractivity contribution < 1.29 is 14.3 Å². The summed E-state index contributed by atoms with van der Waals surface area (Å²) < 4.78 is 11.5. The molecule has 0 aliphatic carbocycles. The molecule has 6 heteroatoms. The Hall–Kier alpha value is -3.18. The molecule has 1 unspecified atom stereocenters. The summed E-state index contributed by atoms with van der Waals surface area (Å²) in [7, 11) is 1.62. The quantitative estimate of drug-likeness (QED) is 0.390. The van der Waals surface area contributed by atoms with Gasteiger partial charge in [0.15, 0.2) is 11.5 Å². The van der Waals surface area contributed by atoms with Crippen LogP contribution < -0.4 is 14.8 Å². The maximum absolute atomic E-state index is 13.1. The van der Waals surface area contributed by atoms with Gasteiger partial charge in [-0.05, 0) is 54.8 Å². The summed E-state index contributed by atoms with van der Waals surface area (Å²) in [4.78, 5) is 14.9. The molecule has 0 spiro atoms. The van der Waals surface area contributed by atoms with Crippen molar-refractivity contribution >= 4 is 23.3 Å². The lowest BCUT2D eigenvalue weighted by atomic mass is 10.1. The molecule has 3 aromatic rings. The van der Waals surface area contributed by atoms with Crippen molar-refractivity contribution in [2.24, 2.45) is 0 Å². The first-order valence-electron chi connectivity index (χ1n) is 10.7. The third kappa shape index (κ3) is 6.41. The van der Waals surface area contributed by atoms with Gasteiger partial charge in [0.2, 0.25) is 0 Å². The summed E-state index contributed by atoms with van der Waals surface area (Å²) >= 11 is 6.06. The van der Waals surface area contributed by atoms with Gasteiger partial charge in [-0.15, -0.1) is 0 Å². The summed E-state index contributed by atoms with van der Waals surface area (Å²) in [6.45, 7) is 4.97. The van der Waals surface area contributed by atoms with E-state index in [9.17, 15) is 4.79 Å². The third-order valence-electron chi connectivity index (χ3n) is 5.28. The lowest BCUT2D eigenvalue weighted by molar-refractivity contribution is 0.187. The highest BCUT2D eigenvalue weighted by Gasteiger charge is 2.20. The molecule has 1 N–H and O–H groups in total. The highest BCUT2D eigenvalue weighted by molar-refractivity contribution is 6.30. The number of rotatable bonds is 9. The van der Waals surface area contributed by atoms with Crippen molar-refractivity contribution in [3.05, 3.63) is 88.9 Å². The van der Waals surface area contributed by atoms with Gasteiger partial charge in [-0.1, -0.05) is 61.0 Å². The summed E-state index contributed by atoms with van der Waals surface area (Å²) in [5.41, 5.74) is 2.69. The van der Waals surface area contributed by atoms with E-state index in [1.807, 2.05) is 72.5 Å². The van der Waals surface area contributed by atoms with Crippen LogP contribution in [0.1, 0.15) is 31.4 Å². The Balaban J connectivity index is 1.77. The van der Waals surface area contributed by atoms with Gasteiger partial charge in [0.05, 0.1) is 7.11 Å². The van der Waals surface area contributed by atoms with Gasteiger partial charge < -0.3 is 19.7 Å². The van der Waals surface area contributed by atoms with Crippen LogP contribution in [-0.4, -0.2) is 24.1 Å². The van der Waals surface area contributed by atoms with E-state index in [2.05, 4.69) is 12.2 Å². The van der Waals surface area contributed by atoms with Gasteiger partial charge in [0.1, 0.15) is 6.61 Å². The number of methoxy groups -OCH3 is 1. The molecule has 0 aromatic heterocycles. The van der Waals surface area contributed by atoms with E-state index >= 15 is 0 Å². The number of carbonyl (C=O) groups is 1. The molecule has 0 aliphatic rings. The Morgan fingerprint density at radius 1 is 1.00 bits per heavy atom. The highest BCUT2D eigenvalue weighted by Crippen LogP contribution is 2.30. The number of ether oxygens (including phenoxy) is 2. The predicted octanol–water partition coefficient (Wildman–Crippen LogP) is 6.76. The molecule has 0 saturated heterocycles. The number of nitrogens with zero attached hydrogens (tertiary/aromatic N) is 1. The smallest absolute Gasteiger partial charge is 0.322 e. The summed E-state index contributed by atoms with van der Waals surface area (Å²) in [6, 6.07) is 22.7. The molecule has 2 amide bonds. The van der Waals surface area contributed by atoms with Crippen molar-refractivity contribution in [1.29, 1.82) is 0 Å². The topological polar surface area (TPSA) is 50.8 Å². The van der Waals surface area contributed by atoms with Gasteiger partial charge in [-0.25, -0.2) is 4.79 Å². The van der Waals surface area contributed by atoms with Crippen molar-refractivity contribution in [3.8, 4) is 11.5 Å². The zero-order valence-electron chi connectivity index (χ0n) is 18.7. The van der Waals surface area contributed by atoms with Crippen LogP contribution in [0.15, 0.2) is 72.8 Å². The Kier molecular flexibility index (Phi) is 8.40. The first-order chi connectivity index (χ1) is 15.5. The van der Waals surface area contributed by atoms with Crippen molar-refractivity contribution in [1.82, 2.24) is 4.90 Å². The lowest BCUT2D eigenvalue weighted by Gasteiger charge is -2.29. The number of halogens is 1. The number of amides is 2. The molecule has 0 bridgehead atoms. The molecule has 168 valence electrons. The minimum Gasteiger partial charge on any atom is -0.493 e. The number of hydrogen-bond donors (Lipinski definition) is 1. The molecule has 0 aliphatic heterocycles. The molecule has 0 saturated carbocycles. The molecule has 0 fully saturated rings. The first kappa shape index (κ1) is 23.5. The molecule has 32 heavy (non-hydrogen) atoms. The molecule has 5 nitrogen and oxygen atoms in total. The molecular formula is C26H29ClN2O3. The van der Waals surface area contributed by atoms with E-state index < -0.39 is 0 Å². The molecule has 0 radical (unpaired) electrons. The number of urea groups is 1. The number of nitrogens with one attached hydrogen (secondary N) is 1. The van der Waals surface area contributed by atoms with Gasteiger partial charge in [0, 0.05) is 23.3 Å². The maximum Gasteiger partial charge on any atom is 0.322 e. The van der Waals surface area contributed by atoms with Gasteiger partial charge >= 0.3 is 6.03 Å². The van der Waals surface area contributed by atoms with Crippen LogP contribution in [0, 0.1) is 0 Å². The zero-order valence-corrected chi connectivity index (χ0v) is 19.4. The predicted molar refractivity (Wildman–Crippen MR) is 130 cm³/mol. The number of benzene rings is 3. The van der Waals surface area contributed by atoms with Crippen molar-refractivity contribution in [2.45, 2.75) is 39.5 Å². The zero-order chi connectivity index (χ0) is 22.9. The fourth-order valence-electron chi connectivity index (χ4n) is 3.27. The first-order valence-corrected chi connectivity index (χ1v) is 11.0. The van der Waals surface area contributed by atoms with E-state index in [0.717, 1.165) is 17.5 Å². The van der Waals surface area contributed by atoms with Gasteiger partial charge in [0.25, 0.3) is 0 Å². The highest BCUT2D eigenvalue weighted by atomic mass is 35.5. The van der Waals surface area contributed by atoms with E-state index in [1.54, 1.807) is 19.2 Å². The Bertz CT molecular complexity index is 1030. The Morgan fingerprint density at radius 2 is 1.78 bits per heavy atom. The number of hydrogen-bond acceptors (Lipinski definition) is 3. The van der Waals surface area contributed by atoms with Crippen LogP contribution in [0.3, 0.4) is 0 Å². The molecule has 1 atom stereocenters. The molecule has 3 aromatic carbocycles. The van der Waals surface area contributed by atoms with Crippen LogP contribution >= 0.6 is 11.6 Å². The monoisotopic (exact) mass is 452 g/mol. The Morgan fingerprint density at radius 3 is 2.47 bits per heavy atom. The van der Waals surface area contributed by atoms with Crippen molar-refractivity contribution in [3.63, 3.8) is 0 Å². The largest absolute Gasteiger partial charge is 0.493 e. The van der Waals surface area contributed by atoms with Crippen LogP contribution in [0.25, 0.3) is 0 Å². The average Bonchev–Trinajstić information content (AvgIpc) is 2.81. The second kappa shape index (κ2) is 11.4. The third-order valence-corrected chi connectivity index (χ3v) is 5.51. The van der Waals surface area contributed by atoms with E-state index in [-0.39, 0.29) is 12.1 Å². The van der Waals surface area contributed by atoms with Gasteiger partial charge in [-0.2, -0.15) is 0 Å². The normalized spacial score (nSPS) is 11.5. The van der Waals surface area contributed by atoms with E-state index in [4.69, 9.17) is 21.1 Å². The van der Waals surface area contributed by atoms with Gasteiger partial charge in [-0.3, -0.25) is 0 Å². The summed E-state index contributed by atoms with van der Waals surface area (Å²) in [5.74, 6) is 1.30. The molecule has 3 rings (SSSR count). The Labute approximate surface area is 194 Å². The molecule has 0 heterocycles. The fourth-order valence-corrected chi connectivity index (χ4v) is 3.46. The van der Waals surface area contributed by atoms with Crippen LogP contribution in [0.5, 0.6) is 11.5 Å². The van der Waals surface area contributed by atoms with Crippen LogP contribution in [0.2, 0.25) is 5.02 Å². The van der Waals surface area contributed by atoms with Crippen LogP contribution in [0.4, 0.5) is 10.5 Å². The SMILES string of the molecule is CCC(C)N(Cc1ccc(OC)c(OCc2ccccc2)c1)C(=O)Nc1cccc(Cl)c1. The van der Waals surface area contributed by atoms with Crippen molar-refractivity contribution in [2.75, 3.05) is 12.4 Å². The summed E-state index contributed by atoms with van der Waals surface area (Å²) in [5, 5.41) is 3.53. The fraction of sp³-hybridized carbons (Fsp3) is 0.269. The number of carbonyl (C=O) groups excluding carboxylic acids is 1. The number of anilines is 1. The average molecular weight is 453 g/mol. The maximum atomic E-state index is 13.1. The lowest BCUT2D eigenvalue weighted by Crippen LogP contribution is -2.40. The summed E-state index contributed by atoms with van der Waals surface area (Å²) in [6.07, 6.45) is 0.830. The minimum absolute atomic E-state index is 0.0463. The van der Waals surface area contributed by atoms with E-state index in [0.29, 0.717) is 35.4 Å². The second-order valence-electron chi connectivity index (χ2n) is 7.59. The second-order valence-corrected chi connectivity index (χ2v) is 8.02. The molecular weight excluding hydrogens is 424 g/mol. The minimum atomic E-state index is -0.177. The van der Waals surface area contributed by atoms with Crippen LogP contribution in [-0.2, 0) is 13.2 Å². The standard InChI is InChI=1S/C26H29ClN2O3/c1-4-19(2)29(26(30)28-23-12-8-11-22(27)16-23)17-21-13-14-24(31-3)25(15-21)32-18-20-9-6-5-7-10-20/h5-16,19H,4,17-18H2,1-3H3,(H,28,30). The van der Waals surface area contributed by atoms with E-state index in [1.165, 1.54) is 0 Å².